The van der Waals surface area contributed by atoms with Gasteiger partial charge in [0.25, 0.3) is 0 Å². The molecule has 0 unspecified atom stereocenters. The van der Waals surface area contributed by atoms with Crippen LogP contribution in [0.1, 0.15) is 11.1 Å². The molecule has 0 N–H and O–H groups in total. The van der Waals surface area contributed by atoms with Crippen molar-refractivity contribution in [2.75, 3.05) is 0 Å². The lowest BCUT2D eigenvalue weighted by Crippen LogP contribution is -2.04. The summed E-state index contributed by atoms with van der Waals surface area (Å²) in [6.07, 6.45) is 0.532. The zero-order valence-corrected chi connectivity index (χ0v) is 18.6. The van der Waals surface area contributed by atoms with Gasteiger partial charge in [0.2, 0.25) is 11.8 Å². The maximum absolute atomic E-state index is 12.6. The van der Waals surface area contributed by atoms with Crippen LogP contribution in [0, 0.1) is 0 Å². The summed E-state index contributed by atoms with van der Waals surface area (Å²) in [4.78, 5) is 35.8. The molecule has 8 heteroatoms. The van der Waals surface area contributed by atoms with Gasteiger partial charge in [-0.2, -0.15) is 0 Å². The summed E-state index contributed by atoms with van der Waals surface area (Å²) in [5.74, 6) is 0.650. The van der Waals surface area contributed by atoms with Gasteiger partial charge in [-0.25, -0.2) is 19.6 Å². The zero-order chi connectivity index (χ0) is 22.4. The van der Waals surface area contributed by atoms with Crippen LogP contribution in [0.2, 0.25) is 0 Å². The Morgan fingerprint density at radius 2 is 1.15 bits per heavy atom. The molecule has 0 bridgehead atoms. The van der Waals surface area contributed by atoms with Crippen LogP contribution in [0.3, 0.4) is 0 Å². The highest BCUT2D eigenvalue weighted by atomic mass is 32.1. The van der Waals surface area contributed by atoms with Crippen LogP contribution in [0.5, 0.6) is 0 Å². The van der Waals surface area contributed by atoms with Gasteiger partial charge in [-0.1, -0.05) is 24.3 Å². The lowest BCUT2D eigenvalue weighted by atomic mass is 10.0. The fourth-order valence-corrected chi connectivity index (χ4v) is 5.00. The molecule has 4 heterocycles. The first-order valence-electron chi connectivity index (χ1n) is 10.1. The molecule has 33 heavy (non-hydrogen) atoms. The lowest BCUT2D eigenvalue weighted by molar-refractivity contribution is 0.519. The van der Waals surface area contributed by atoms with Crippen molar-refractivity contribution in [2.24, 2.45) is 0 Å². The largest absolute Gasteiger partial charge is 0.402 e. The monoisotopic (exact) mass is 470 g/mol. The molecular weight excluding hydrogens is 456 g/mol. The Bertz CT molecular complexity index is 1600. The Hall–Kier alpha value is -3.88. The summed E-state index contributed by atoms with van der Waals surface area (Å²) in [5.41, 5.74) is 2.15. The van der Waals surface area contributed by atoms with Gasteiger partial charge in [0.15, 0.2) is 0 Å². The van der Waals surface area contributed by atoms with Gasteiger partial charge in [-0.05, 0) is 64.7 Å². The Balaban J connectivity index is 1.35. The first-order valence-corrected chi connectivity index (χ1v) is 11.9. The molecule has 0 aliphatic rings. The molecule has 6 rings (SSSR count). The minimum atomic E-state index is -0.422. The summed E-state index contributed by atoms with van der Waals surface area (Å²) < 4.78 is 10.9. The first-order chi connectivity index (χ1) is 16.1. The van der Waals surface area contributed by atoms with Crippen molar-refractivity contribution in [3.05, 3.63) is 103 Å². The molecule has 0 radical (unpaired) electrons. The van der Waals surface area contributed by atoms with Gasteiger partial charge in [0, 0.05) is 0 Å². The number of fused-ring (bicyclic) bond motifs is 2. The van der Waals surface area contributed by atoms with Crippen molar-refractivity contribution in [3.63, 3.8) is 0 Å². The molecule has 4 aromatic heterocycles. The van der Waals surface area contributed by atoms with Crippen LogP contribution in [0.15, 0.2) is 89.8 Å². The van der Waals surface area contributed by atoms with Crippen LogP contribution in [0.25, 0.3) is 43.3 Å². The van der Waals surface area contributed by atoms with E-state index in [0.717, 1.165) is 20.9 Å². The number of benzene rings is 2. The third kappa shape index (κ3) is 3.69. The quantitative estimate of drug-likeness (QED) is 0.327. The summed E-state index contributed by atoms with van der Waals surface area (Å²) in [6.45, 7) is 0. The second kappa shape index (κ2) is 7.91. The van der Waals surface area contributed by atoms with Gasteiger partial charge in [-0.15, -0.1) is 22.7 Å². The van der Waals surface area contributed by atoms with Gasteiger partial charge in [0.05, 0.1) is 31.6 Å². The minimum Gasteiger partial charge on any atom is -0.402 e. The maximum atomic E-state index is 12.6. The SMILES string of the molecule is O=c1oc(-c2cccs2)nc2ccc(Cc3ccc4nc(-c5cccs5)oc(=O)c4c3)cc12. The molecule has 0 saturated carbocycles. The molecule has 6 nitrogen and oxygen atoms in total. The van der Waals surface area contributed by atoms with E-state index in [1.54, 1.807) is 12.1 Å². The van der Waals surface area contributed by atoms with E-state index < -0.39 is 11.3 Å². The highest BCUT2D eigenvalue weighted by molar-refractivity contribution is 7.13. The van der Waals surface area contributed by atoms with Crippen molar-refractivity contribution in [3.8, 4) is 21.5 Å². The van der Waals surface area contributed by atoms with E-state index in [1.165, 1.54) is 22.7 Å². The Kier molecular flexibility index (Phi) is 4.74. The summed E-state index contributed by atoms with van der Waals surface area (Å²) in [7, 11) is 0. The standard InChI is InChI=1S/C25H14N2O4S2/c28-24-16-12-14(5-7-18(16)26-22(30-24)20-3-1-9-32-20)11-15-6-8-19-17(13-15)25(29)31-23(27-19)21-4-2-10-33-21/h1-10,12-13H,11H2. The predicted molar refractivity (Wildman–Crippen MR) is 130 cm³/mol. The molecule has 0 amide bonds. The van der Waals surface area contributed by atoms with Crippen LogP contribution >= 0.6 is 22.7 Å². The Morgan fingerprint density at radius 3 is 1.58 bits per heavy atom. The van der Waals surface area contributed by atoms with Crippen LogP contribution in [0.4, 0.5) is 0 Å². The van der Waals surface area contributed by atoms with E-state index in [4.69, 9.17) is 8.83 Å². The van der Waals surface area contributed by atoms with E-state index in [0.29, 0.717) is 40.0 Å². The van der Waals surface area contributed by atoms with E-state index in [9.17, 15) is 9.59 Å². The fourth-order valence-electron chi connectivity index (χ4n) is 3.71. The molecule has 2 aromatic carbocycles. The number of rotatable bonds is 4. The topological polar surface area (TPSA) is 86.2 Å². The summed E-state index contributed by atoms with van der Waals surface area (Å²) in [6, 6.07) is 18.6. The Labute approximate surface area is 194 Å². The summed E-state index contributed by atoms with van der Waals surface area (Å²) >= 11 is 2.93. The van der Waals surface area contributed by atoms with Gasteiger partial charge in [0.1, 0.15) is 0 Å². The van der Waals surface area contributed by atoms with E-state index in [-0.39, 0.29) is 0 Å². The van der Waals surface area contributed by atoms with Crippen LogP contribution in [-0.4, -0.2) is 9.97 Å². The molecule has 0 fully saturated rings. The summed E-state index contributed by atoms with van der Waals surface area (Å²) in [5, 5.41) is 4.67. The fraction of sp³-hybridized carbons (Fsp3) is 0.0400. The average molecular weight is 471 g/mol. The third-order valence-electron chi connectivity index (χ3n) is 5.26. The van der Waals surface area contributed by atoms with Gasteiger partial charge < -0.3 is 8.83 Å². The van der Waals surface area contributed by atoms with Gasteiger partial charge >= 0.3 is 11.3 Å². The molecule has 6 aromatic rings. The van der Waals surface area contributed by atoms with E-state index in [2.05, 4.69) is 9.97 Å². The first kappa shape index (κ1) is 19.8. The van der Waals surface area contributed by atoms with Crippen molar-refractivity contribution in [2.45, 2.75) is 6.42 Å². The van der Waals surface area contributed by atoms with Crippen LogP contribution < -0.4 is 11.3 Å². The molecule has 0 aliphatic heterocycles. The number of hydrogen-bond donors (Lipinski definition) is 0. The van der Waals surface area contributed by atoms with Gasteiger partial charge in [-0.3, -0.25) is 0 Å². The molecule has 160 valence electrons. The number of thiophene rings is 2. The van der Waals surface area contributed by atoms with E-state index in [1.807, 2.05) is 59.3 Å². The van der Waals surface area contributed by atoms with Crippen LogP contribution in [-0.2, 0) is 6.42 Å². The smallest absolute Gasteiger partial charge is 0.347 e. The predicted octanol–water partition coefficient (Wildman–Crippen LogP) is 5.74. The average Bonchev–Trinajstić information content (AvgIpc) is 3.54. The second-order valence-electron chi connectivity index (χ2n) is 7.45. The van der Waals surface area contributed by atoms with E-state index >= 15 is 0 Å². The number of nitrogens with zero attached hydrogens (tertiary/aromatic N) is 2. The van der Waals surface area contributed by atoms with Crippen molar-refractivity contribution < 1.29 is 8.83 Å². The normalized spacial score (nSPS) is 11.4. The molecule has 0 saturated heterocycles. The van der Waals surface area contributed by atoms with Crippen molar-refractivity contribution >= 4 is 44.5 Å². The Morgan fingerprint density at radius 1 is 0.667 bits per heavy atom. The molecular formula is C25H14N2O4S2. The van der Waals surface area contributed by atoms with Crippen molar-refractivity contribution in [1.29, 1.82) is 0 Å². The minimum absolute atomic E-state index is 0.325. The highest BCUT2D eigenvalue weighted by Crippen LogP contribution is 2.25. The highest BCUT2D eigenvalue weighted by Gasteiger charge is 2.12. The molecule has 0 atom stereocenters. The maximum Gasteiger partial charge on any atom is 0.347 e. The molecule has 0 aliphatic carbocycles. The number of aromatic nitrogens is 2. The van der Waals surface area contributed by atoms with Crippen molar-refractivity contribution in [1.82, 2.24) is 9.97 Å². The second-order valence-corrected chi connectivity index (χ2v) is 9.34. The lowest BCUT2D eigenvalue weighted by Gasteiger charge is -2.06. The molecule has 0 spiro atoms. The number of hydrogen-bond acceptors (Lipinski definition) is 8. The third-order valence-corrected chi connectivity index (χ3v) is 6.97. The zero-order valence-electron chi connectivity index (χ0n) is 17.0.